The summed E-state index contributed by atoms with van der Waals surface area (Å²) in [4.78, 5) is 6.93. The molecule has 3 nitrogen and oxygen atoms in total. The third kappa shape index (κ3) is 2.72. The second-order valence-electron chi connectivity index (χ2n) is 5.74. The van der Waals surface area contributed by atoms with Gasteiger partial charge in [0.2, 0.25) is 11.8 Å². The van der Waals surface area contributed by atoms with Crippen LogP contribution in [0.15, 0.2) is 59.0 Å². The predicted octanol–water partition coefficient (Wildman–Crippen LogP) is 4.75. The Morgan fingerprint density at radius 3 is 2.26 bits per heavy atom. The molecule has 0 saturated carbocycles. The van der Waals surface area contributed by atoms with Crippen molar-refractivity contribution in [2.75, 3.05) is 18.0 Å². The Morgan fingerprint density at radius 1 is 0.870 bits per heavy atom. The fourth-order valence-corrected chi connectivity index (χ4v) is 2.95. The van der Waals surface area contributed by atoms with E-state index in [0.29, 0.717) is 5.89 Å². The molecule has 2 aromatic carbocycles. The van der Waals surface area contributed by atoms with Crippen LogP contribution in [-0.2, 0) is 0 Å². The van der Waals surface area contributed by atoms with Crippen molar-refractivity contribution in [3.8, 4) is 22.7 Å². The van der Waals surface area contributed by atoms with E-state index in [2.05, 4.69) is 4.90 Å². The van der Waals surface area contributed by atoms with Gasteiger partial charge in [0.15, 0.2) is 0 Å². The minimum absolute atomic E-state index is 0.261. The van der Waals surface area contributed by atoms with E-state index in [1.807, 2.05) is 30.3 Å². The van der Waals surface area contributed by atoms with Gasteiger partial charge < -0.3 is 9.32 Å². The summed E-state index contributed by atoms with van der Waals surface area (Å²) in [6.45, 7) is 1.97. The van der Waals surface area contributed by atoms with Gasteiger partial charge in [0, 0.05) is 24.2 Å². The number of halogens is 1. The quantitative estimate of drug-likeness (QED) is 0.699. The van der Waals surface area contributed by atoms with Crippen LogP contribution >= 0.6 is 0 Å². The van der Waals surface area contributed by atoms with E-state index in [4.69, 9.17) is 9.40 Å². The van der Waals surface area contributed by atoms with Crippen LogP contribution in [0.3, 0.4) is 0 Å². The molecule has 116 valence electrons. The predicted molar refractivity (Wildman–Crippen MR) is 88.8 cm³/mol. The average molecular weight is 308 g/mol. The highest BCUT2D eigenvalue weighted by atomic mass is 19.1. The lowest BCUT2D eigenvalue weighted by atomic mass is 10.1. The van der Waals surface area contributed by atoms with Crippen LogP contribution in [0.25, 0.3) is 22.7 Å². The molecule has 4 heteroatoms. The third-order valence-electron chi connectivity index (χ3n) is 4.14. The Balaban J connectivity index is 1.81. The minimum atomic E-state index is -0.261. The van der Waals surface area contributed by atoms with Crippen LogP contribution in [0.5, 0.6) is 0 Å². The molecule has 0 radical (unpaired) electrons. The lowest BCUT2D eigenvalue weighted by Gasteiger charge is -2.14. The molecule has 23 heavy (non-hydrogen) atoms. The largest absolute Gasteiger partial charge is 0.420 e. The lowest BCUT2D eigenvalue weighted by molar-refractivity contribution is 0.564. The van der Waals surface area contributed by atoms with Gasteiger partial charge in [-0.25, -0.2) is 9.37 Å². The molecule has 0 unspecified atom stereocenters. The number of hydrogen-bond donors (Lipinski definition) is 0. The van der Waals surface area contributed by atoms with Gasteiger partial charge in [0.25, 0.3) is 0 Å². The normalized spacial score (nSPS) is 14.4. The third-order valence-corrected chi connectivity index (χ3v) is 4.14. The average Bonchev–Trinajstić information content (AvgIpc) is 3.26. The van der Waals surface area contributed by atoms with E-state index in [1.54, 1.807) is 12.1 Å². The minimum Gasteiger partial charge on any atom is -0.420 e. The van der Waals surface area contributed by atoms with Crippen LogP contribution in [-0.4, -0.2) is 18.1 Å². The van der Waals surface area contributed by atoms with E-state index in [-0.39, 0.29) is 5.82 Å². The van der Waals surface area contributed by atoms with Crippen LogP contribution in [0.4, 0.5) is 10.3 Å². The van der Waals surface area contributed by atoms with Crippen molar-refractivity contribution < 1.29 is 8.81 Å². The van der Waals surface area contributed by atoms with Crippen LogP contribution in [0, 0.1) is 5.82 Å². The second-order valence-corrected chi connectivity index (χ2v) is 5.74. The van der Waals surface area contributed by atoms with Gasteiger partial charge in [-0.2, -0.15) is 0 Å². The monoisotopic (exact) mass is 308 g/mol. The van der Waals surface area contributed by atoms with Crippen LogP contribution in [0.1, 0.15) is 12.8 Å². The van der Waals surface area contributed by atoms with Gasteiger partial charge in [-0.1, -0.05) is 30.3 Å². The molecule has 2 heterocycles. The molecule has 0 spiro atoms. The Hall–Kier alpha value is -2.62. The highest BCUT2D eigenvalue weighted by molar-refractivity contribution is 5.74. The Labute approximate surface area is 134 Å². The summed E-state index contributed by atoms with van der Waals surface area (Å²) in [5, 5.41) is 0. The first-order valence-corrected chi connectivity index (χ1v) is 7.88. The molecule has 0 N–H and O–H groups in total. The zero-order valence-electron chi connectivity index (χ0n) is 12.7. The zero-order chi connectivity index (χ0) is 15.6. The van der Waals surface area contributed by atoms with E-state index >= 15 is 0 Å². The van der Waals surface area contributed by atoms with Crippen molar-refractivity contribution in [3.05, 3.63) is 60.4 Å². The maximum Gasteiger partial charge on any atom is 0.229 e. The number of benzene rings is 2. The summed E-state index contributed by atoms with van der Waals surface area (Å²) < 4.78 is 19.2. The first kappa shape index (κ1) is 14.0. The van der Waals surface area contributed by atoms with Gasteiger partial charge >= 0.3 is 0 Å². The Bertz CT molecular complexity index is 790. The molecule has 1 aromatic heterocycles. The van der Waals surface area contributed by atoms with Crippen molar-refractivity contribution in [2.24, 2.45) is 0 Å². The van der Waals surface area contributed by atoms with Crippen molar-refractivity contribution in [1.82, 2.24) is 4.98 Å². The summed E-state index contributed by atoms with van der Waals surface area (Å²) in [5.74, 6) is 1.09. The molecular weight excluding hydrogens is 291 g/mol. The smallest absolute Gasteiger partial charge is 0.229 e. The van der Waals surface area contributed by atoms with Crippen molar-refractivity contribution in [3.63, 3.8) is 0 Å². The molecule has 3 aromatic rings. The molecular formula is C19H17FN2O. The van der Waals surface area contributed by atoms with Crippen molar-refractivity contribution in [1.29, 1.82) is 0 Å². The molecule has 0 atom stereocenters. The summed E-state index contributed by atoms with van der Waals surface area (Å²) in [6.07, 6.45) is 2.33. The maximum absolute atomic E-state index is 13.1. The second kappa shape index (κ2) is 5.88. The van der Waals surface area contributed by atoms with Crippen molar-refractivity contribution in [2.45, 2.75) is 12.8 Å². The lowest BCUT2D eigenvalue weighted by Crippen LogP contribution is -2.17. The first-order chi connectivity index (χ1) is 11.3. The van der Waals surface area contributed by atoms with E-state index in [1.165, 1.54) is 25.0 Å². The number of oxazole rings is 1. The van der Waals surface area contributed by atoms with Gasteiger partial charge in [-0.3, -0.25) is 0 Å². The van der Waals surface area contributed by atoms with E-state index in [0.717, 1.165) is 35.8 Å². The molecule has 0 aliphatic carbocycles. The SMILES string of the molecule is Fc1ccc(-c2nc(-c3ccccc3)c(N3CCCC3)o2)cc1. The standard InChI is InChI=1S/C19H17FN2O/c20-16-10-8-15(9-11-16)18-21-17(14-6-2-1-3-7-14)19(23-18)22-12-4-5-13-22/h1-3,6-11H,4-5,12-13H2. The molecule has 1 saturated heterocycles. The summed E-state index contributed by atoms with van der Waals surface area (Å²) in [5.41, 5.74) is 2.67. The molecule has 1 fully saturated rings. The van der Waals surface area contributed by atoms with Gasteiger partial charge in [0.05, 0.1) is 0 Å². The topological polar surface area (TPSA) is 29.3 Å². The molecule has 1 aliphatic heterocycles. The van der Waals surface area contributed by atoms with Crippen LogP contribution < -0.4 is 4.90 Å². The van der Waals surface area contributed by atoms with Gasteiger partial charge in [0.1, 0.15) is 11.5 Å². The first-order valence-electron chi connectivity index (χ1n) is 7.88. The van der Waals surface area contributed by atoms with Crippen LogP contribution in [0.2, 0.25) is 0 Å². The fourth-order valence-electron chi connectivity index (χ4n) is 2.95. The molecule has 1 aliphatic rings. The van der Waals surface area contributed by atoms with Gasteiger partial charge in [-0.15, -0.1) is 0 Å². The van der Waals surface area contributed by atoms with E-state index < -0.39 is 0 Å². The van der Waals surface area contributed by atoms with Gasteiger partial charge in [-0.05, 0) is 37.1 Å². The Morgan fingerprint density at radius 2 is 1.57 bits per heavy atom. The molecule has 0 bridgehead atoms. The maximum atomic E-state index is 13.1. The highest BCUT2D eigenvalue weighted by Crippen LogP contribution is 2.36. The number of anilines is 1. The summed E-state index contributed by atoms with van der Waals surface area (Å²) in [7, 11) is 0. The summed E-state index contributed by atoms with van der Waals surface area (Å²) >= 11 is 0. The molecule has 0 amide bonds. The number of aromatic nitrogens is 1. The van der Waals surface area contributed by atoms with E-state index in [9.17, 15) is 4.39 Å². The number of nitrogens with zero attached hydrogens (tertiary/aromatic N) is 2. The zero-order valence-corrected chi connectivity index (χ0v) is 12.7. The number of rotatable bonds is 3. The highest BCUT2D eigenvalue weighted by Gasteiger charge is 2.23. The Kier molecular flexibility index (Phi) is 3.58. The molecule has 4 rings (SSSR count). The fraction of sp³-hybridized carbons (Fsp3) is 0.211. The number of hydrogen-bond acceptors (Lipinski definition) is 3. The van der Waals surface area contributed by atoms with Crippen molar-refractivity contribution >= 4 is 5.88 Å². The summed E-state index contributed by atoms with van der Waals surface area (Å²) in [6, 6.07) is 16.3.